The van der Waals surface area contributed by atoms with Crippen LogP contribution in [-0.4, -0.2) is 36.4 Å². The third kappa shape index (κ3) is 5.07. The number of nitrogens with zero attached hydrogens (tertiary/aromatic N) is 5. The summed E-state index contributed by atoms with van der Waals surface area (Å²) in [6.07, 6.45) is 1.84. The molecule has 12 heteroatoms. The lowest BCUT2D eigenvalue weighted by atomic mass is 9.96. The number of carbonyl (C=O) groups is 2. The second kappa shape index (κ2) is 11.1. The minimum Gasteiger partial charge on any atom is -0.505 e. The van der Waals surface area contributed by atoms with E-state index in [4.69, 9.17) is 11.6 Å². The maximum absolute atomic E-state index is 13.6. The first kappa shape index (κ1) is 27.6. The fraction of sp³-hybridized carbons (Fsp3) is 0.138. The zero-order valence-corrected chi connectivity index (χ0v) is 25.7. The molecular weight excluding hydrogens is 646 g/mol. The summed E-state index contributed by atoms with van der Waals surface area (Å²) in [4.78, 5) is 33.1. The van der Waals surface area contributed by atoms with Gasteiger partial charge in [-0.05, 0) is 60.9 Å². The molecule has 1 aliphatic rings. The largest absolute Gasteiger partial charge is 0.505 e. The van der Waals surface area contributed by atoms with Crippen LogP contribution in [0.2, 0.25) is 5.02 Å². The number of aliphatic hydroxyl groups excluding tert-OH is 1. The molecule has 4 heterocycles. The molecule has 1 fully saturated rings. The van der Waals surface area contributed by atoms with Gasteiger partial charge in [-0.2, -0.15) is 0 Å². The highest BCUT2D eigenvalue weighted by molar-refractivity contribution is 9.10. The number of imidazole rings is 1. The number of aryl methyl sites for hydroxylation is 2. The molecule has 1 unspecified atom stereocenters. The molecule has 5 aromatic rings. The Morgan fingerprint density at radius 3 is 2.61 bits per heavy atom. The van der Waals surface area contributed by atoms with E-state index < -0.39 is 17.7 Å². The molecule has 2 aromatic carbocycles. The summed E-state index contributed by atoms with van der Waals surface area (Å²) in [6, 6.07) is 17.7. The highest BCUT2D eigenvalue weighted by Crippen LogP contribution is 2.44. The number of halogens is 2. The predicted octanol–water partition coefficient (Wildman–Crippen LogP) is 7.14. The average molecular weight is 667 g/mol. The molecule has 6 rings (SSSR count). The molecule has 1 amide bonds. The van der Waals surface area contributed by atoms with Gasteiger partial charge in [0.25, 0.3) is 5.78 Å². The Morgan fingerprint density at radius 2 is 1.88 bits per heavy atom. The van der Waals surface area contributed by atoms with Gasteiger partial charge in [-0.15, -0.1) is 10.2 Å². The highest BCUT2D eigenvalue weighted by atomic mass is 79.9. The number of anilines is 1. The van der Waals surface area contributed by atoms with Crippen LogP contribution in [0.5, 0.6) is 0 Å². The Kier molecular flexibility index (Phi) is 7.45. The van der Waals surface area contributed by atoms with Gasteiger partial charge < -0.3 is 9.51 Å². The van der Waals surface area contributed by atoms with Crippen molar-refractivity contribution in [2.75, 3.05) is 4.90 Å². The number of pyridine rings is 1. The maximum atomic E-state index is 13.6. The minimum absolute atomic E-state index is 0.0529. The van der Waals surface area contributed by atoms with Gasteiger partial charge in [0.2, 0.25) is 5.13 Å². The number of aromatic nitrogens is 4. The van der Waals surface area contributed by atoms with Crippen molar-refractivity contribution >= 4 is 78.9 Å². The molecule has 0 saturated carbocycles. The van der Waals surface area contributed by atoms with E-state index in [0.717, 1.165) is 15.6 Å². The van der Waals surface area contributed by atoms with Crippen molar-refractivity contribution < 1.29 is 14.7 Å². The number of thioether (sulfide) groups is 1. The number of benzene rings is 2. The molecule has 0 spiro atoms. The number of ketones is 1. The summed E-state index contributed by atoms with van der Waals surface area (Å²) in [7, 11) is 0. The minimum atomic E-state index is -0.931. The summed E-state index contributed by atoms with van der Waals surface area (Å²) in [5.41, 5.74) is 4.10. The maximum Gasteiger partial charge on any atom is 0.301 e. The summed E-state index contributed by atoms with van der Waals surface area (Å²) < 4.78 is 3.25. The van der Waals surface area contributed by atoms with E-state index in [0.29, 0.717) is 32.0 Å². The number of carbonyl (C=O) groups excluding carboxylic acids is 2. The topological polar surface area (TPSA) is 101 Å². The summed E-state index contributed by atoms with van der Waals surface area (Å²) in [6.45, 7) is 3.73. The van der Waals surface area contributed by atoms with E-state index in [1.807, 2.05) is 79.0 Å². The van der Waals surface area contributed by atoms with Gasteiger partial charge in [0.1, 0.15) is 11.3 Å². The van der Waals surface area contributed by atoms with E-state index in [1.165, 1.54) is 28.0 Å². The zero-order valence-electron chi connectivity index (χ0n) is 21.7. The van der Waals surface area contributed by atoms with Gasteiger partial charge in [0.05, 0.1) is 17.3 Å². The van der Waals surface area contributed by atoms with Crippen molar-refractivity contribution in [1.82, 2.24) is 19.6 Å². The fourth-order valence-corrected chi connectivity index (χ4v) is 7.15. The number of fused-ring (bicyclic) bond motifs is 1. The van der Waals surface area contributed by atoms with Gasteiger partial charge in [0, 0.05) is 21.4 Å². The van der Waals surface area contributed by atoms with E-state index in [2.05, 4.69) is 31.1 Å². The number of amides is 1. The third-order valence-electron chi connectivity index (χ3n) is 6.79. The first-order valence-electron chi connectivity index (χ1n) is 12.4. The smallest absolute Gasteiger partial charge is 0.301 e. The van der Waals surface area contributed by atoms with Crippen LogP contribution in [-0.2, 0) is 15.3 Å². The second-order valence-corrected chi connectivity index (χ2v) is 13.0. The summed E-state index contributed by atoms with van der Waals surface area (Å²) in [5, 5.41) is 21.1. The lowest BCUT2D eigenvalue weighted by Gasteiger charge is -2.22. The number of hydrogen-bond donors (Lipinski definition) is 1. The van der Waals surface area contributed by atoms with Gasteiger partial charge in [-0.1, -0.05) is 81.0 Å². The zero-order chi connectivity index (χ0) is 28.8. The molecule has 1 saturated heterocycles. The quantitative estimate of drug-likeness (QED) is 0.0676. The van der Waals surface area contributed by atoms with Crippen LogP contribution < -0.4 is 4.90 Å². The lowest BCUT2D eigenvalue weighted by Crippen LogP contribution is -2.29. The van der Waals surface area contributed by atoms with Crippen molar-refractivity contribution in [2.45, 2.75) is 30.0 Å². The number of hydrogen-bond acceptors (Lipinski definition) is 8. The SMILES string of the molecule is Cc1cccn2c(C)c(C(O)=C3C(=O)C(=O)N(c4nnc(SCc5ccc(Cl)cc5)s4)C3c3cccc(Br)c3)nc12. The fourth-order valence-electron chi connectivity index (χ4n) is 4.78. The Balaban J connectivity index is 1.43. The van der Waals surface area contributed by atoms with Crippen molar-refractivity contribution in [3.8, 4) is 0 Å². The number of aliphatic hydroxyl groups is 1. The average Bonchev–Trinajstić information content (AvgIpc) is 3.63. The Labute approximate surface area is 256 Å². The summed E-state index contributed by atoms with van der Waals surface area (Å²) in [5.74, 6) is -1.31. The highest BCUT2D eigenvalue weighted by Gasteiger charge is 2.49. The van der Waals surface area contributed by atoms with Crippen molar-refractivity contribution in [3.63, 3.8) is 0 Å². The van der Waals surface area contributed by atoms with Crippen LogP contribution >= 0.6 is 50.6 Å². The molecule has 41 heavy (non-hydrogen) atoms. The Bertz CT molecular complexity index is 1870. The first-order chi connectivity index (χ1) is 19.7. The molecule has 0 aliphatic carbocycles. The van der Waals surface area contributed by atoms with Gasteiger partial charge in [-0.25, -0.2) is 4.98 Å². The lowest BCUT2D eigenvalue weighted by molar-refractivity contribution is -0.132. The van der Waals surface area contributed by atoms with Gasteiger partial charge in [-0.3, -0.25) is 14.5 Å². The van der Waals surface area contributed by atoms with Crippen LogP contribution in [0.3, 0.4) is 0 Å². The Hall–Kier alpha value is -3.51. The monoisotopic (exact) mass is 665 g/mol. The van der Waals surface area contributed by atoms with Crippen molar-refractivity contribution in [1.29, 1.82) is 0 Å². The molecular formula is C29H21BrClN5O3S2. The molecule has 206 valence electrons. The molecule has 8 nitrogen and oxygen atoms in total. The predicted molar refractivity (Wildman–Crippen MR) is 165 cm³/mol. The van der Waals surface area contributed by atoms with E-state index >= 15 is 0 Å². The molecule has 0 radical (unpaired) electrons. The number of Topliss-reactive ketones (excluding diaryl/α,β-unsaturated/α-hetero) is 1. The third-order valence-corrected chi connectivity index (χ3v) is 9.67. The molecule has 1 atom stereocenters. The van der Waals surface area contributed by atoms with Crippen LogP contribution in [0.15, 0.2) is 81.2 Å². The van der Waals surface area contributed by atoms with E-state index in [1.54, 1.807) is 6.07 Å². The van der Waals surface area contributed by atoms with E-state index in [-0.39, 0.29) is 22.2 Å². The first-order valence-corrected chi connectivity index (χ1v) is 15.4. The number of rotatable bonds is 6. The van der Waals surface area contributed by atoms with Gasteiger partial charge in [0.15, 0.2) is 10.1 Å². The molecule has 3 aromatic heterocycles. The van der Waals surface area contributed by atoms with Gasteiger partial charge >= 0.3 is 5.91 Å². The van der Waals surface area contributed by atoms with Crippen LogP contribution in [0, 0.1) is 13.8 Å². The van der Waals surface area contributed by atoms with E-state index in [9.17, 15) is 14.7 Å². The standard InChI is InChI=1S/C29H21BrClN5O3S2/c1-15-5-4-12-35-16(2)22(32-26(15)35)24(37)21-23(18-6-3-7-19(30)13-18)36(27(39)25(21)38)28-33-34-29(41-28)40-14-17-8-10-20(31)11-9-17/h3-13,23,37H,14H2,1-2H3. The van der Waals surface area contributed by atoms with Crippen LogP contribution in [0.25, 0.3) is 11.4 Å². The second-order valence-electron chi connectivity index (χ2n) is 9.42. The van der Waals surface area contributed by atoms with Crippen LogP contribution in [0.1, 0.15) is 34.1 Å². The molecule has 1 aliphatic heterocycles. The normalized spacial score (nSPS) is 16.7. The van der Waals surface area contributed by atoms with Crippen molar-refractivity contribution in [2.24, 2.45) is 0 Å². The Morgan fingerprint density at radius 1 is 1.10 bits per heavy atom. The van der Waals surface area contributed by atoms with Crippen molar-refractivity contribution in [3.05, 3.63) is 110 Å². The van der Waals surface area contributed by atoms with Crippen LogP contribution in [0.4, 0.5) is 5.13 Å². The molecule has 0 bridgehead atoms. The summed E-state index contributed by atoms with van der Waals surface area (Å²) >= 11 is 12.2. The molecule has 1 N–H and O–H groups in total.